The summed E-state index contributed by atoms with van der Waals surface area (Å²) < 4.78 is 0. The summed E-state index contributed by atoms with van der Waals surface area (Å²) >= 11 is 0. The molecule has 0 saturated heterocycles. The van der Waals surface area contributed by atoms with Crippen LogP contribution in [-0.4, -0.2) is 30.2 Å². The van der Waals surface area contributed by atoms with Crippen LogP contribution >= 0.6 is 0 Å². The molecule has 0 spiro atoms. The molecule has 0 aliphatic rings. The lowest BCUT2D eigenvalue weighted by Crippen LogP contribution is -2.13. The first-order valence-electron chi connectivity index (χ1n) is 3.47. The van der Waals surface area contributed by atoms with Crippen molar-refractivity contribution < 1.29 is 9.90 Å². The summed E-state index contributed by atoms with van der Waals surface area (Å²) in [4.78, 5) is 16.2. The van der Waals surface area contributed by atoms with Crippen molar-refractivity contribution in [2.45, 2.75) is 0 Å². The van der Waals surface area contributed by atoms with Crippen LogP contribution in [0.25, 0.3) is 0 Å². The fourth-order valence-electron chi connectivity index (χ4n) is 0.923. The quantitative estimate of drug-likeness (QED) is 0.707. The van der Waals surface area contributed by atoms with Crippen molar-refractivity contribution in [2.24, 2.45) is 0 Å². The van der Waals surface area contributed by atoms with Crippen LogP contribution in [0.5, 0.6) is 0 Å². The van der Waals surface area contributed by atoms with Crippen LogP contribution in [0.4, 0.5) is 5.69 Å². The minimum absolute atomic E-state index is 0.273. The molecule has 64 valence electrons. The van der Waals surface area contributed by atoms with E-state index in [1.807, 2.05) is 0 Å². The van der Waals surface area contributed by atoms with E-state index in [-0.39, 0.29) is 5.56 Å². The molecular weight excluding hydrogens is 156 g/mol. The second-order valence-electron chi connectivity index (χ2n) is 2.59. The summed E-state index contributed by atoms with van der Waals surface area (Å²) in [6.07, 6.45) is 3.00. The lowest BCUT2D eigenvalue weighted by Gasteiger charge is -2.13. The Labute approximate surface area is 70.5 Å². The first-order chi connectivity index (χ1) is 5.63. The molecule has 1 rings (SSSR count). The highest BCUT2D eigenvalue weighted by molar-refractivity contribution is 5.93. The number of anilines is 1. The normalized spacial score (nSPS) is 9.50. The maximum atomic E-state index is 10.7. The molecule has 12 heavy (non-hydrogen) atoms. The van der Waals surface area contributed by atoms with Crippen LogP contribution in [-0.2, 0) is 0 Å². The first kappa shape index (κ1) is 8.52. The van der Waals surface area contributed by atoms with Gasteiger partial charge in [0.2, 0.25) is 0 Å². The Morgan fingerprint density at radius 2 is 2.25 bits per heavy atom. The second-order valence-corrected chi connectivity index (χ2v) is 2.59. The Balaban J connectivity index is 3.17. The van der Waals surface area contributed by atoms with Crippen LogP contribution in [0, 0.1) is 0 Å². The Morgan fingerprint density at radius 1 is 1.58 bits per heavy atom. The van der Waals surface area contributed by atoms with E-state index >= 15 is 0 Å². The molecule has 0 atom stereocenters. The summed E-state index contributed by atoms with van der Waals surface area (Å²) in [6, 6.07) is 1.48. The van der Waals surface area contributed by atoms with E-state index < -0.39 is 5.97 Å². The smallest absolute Gasteiger partial charge is 0.337 e. The molecule has 0 radical (unpaired) electrons. The SMILES string of the molecule is CN(C)c1cnccc1C(=O)O. The largest absolute Gasteiger partial charge is 0.478 e. The van der Waals surface area contributed by atoms with E-state index in [4.69, 9.17) is 5.11 Å². The summed E-state index contributed by atoms with van der Waals surface area (Å²) in [5, 5.41) is 8.76. The van der Waals surface area contributed by atoms with E-state index in [1.54, 1.807) is 19.0 Å². The van der Waals surface area contributed by atoms with Gasteiger partial charge in [0.25, 0.3) is 0 Å². The van der Waals surface area contributed by atoms with E-state index in [0.717, 1.165) is 0 Å². The predicted molar refractivity (Wildman–Crippen MR) is 45.5 cm³/mol. The van der Waals surface area contributed by atoms with Crippen molar-refractivity contribution in [2.75, 3.05) is 19.0 Å². The fraction of sp³-hybridized carbons (Fsp3) is 0.250. The third-order valence-electron chi connectivity index (χ3n) is 1.51. The van der Waals surface area contributed by atoms with E-state index in [9.17, 15) is 4.79 Å². The van der Waals surface area contributed by atoms with Crippen molar-refractivity contribution in [3.8, 4) is 0 Å². The number of carbonyl (C=O) groups is 1. The number of hydrogen-bond acceptors (Lipinski definition) is 3. The van der Waals surface area contributed by atoms with Crippen LogP contribution in [0.3, 0.4) is 0 Å². The molecule has 0 fully saturated rings. The van der Waals surface area contributed by atoms with Crippen molar-refractivity contribution in [1.82, 2.24) is 4.98 Å². The highest BCUT2D eigenvalue weighted by Gasteiger charge is 2.09. The molecule has 0 unspecified atom stereocenters. The maximum Gasteiger partial charge on any atom is 0.337 e. The molecule has 0 saturated carbocycles. The van der Waals surface area contributed by atoms with E-state index in [1.165, 1.54) is 18.5 Å². The molecule has 1 heterocycles. The van der Waals surface area contributed by atoms with Gasteiger partial charge in [-0.2, -0.15) is 0 Å². The molecule has 1 N–H and O–H groups in total. The zero-order chi connectivity index (χ0) is 9.14. The topological polar surface area (TPSA) is 53.4 Å². The Bertz CT molecular complexity index is 297. The van der Waals surface area contributed by atoms with Gasteiger partial charge >= 0.3 is 5.97 Å². The molecule has 0 bridgehead atoms. The van der Waals surface area contributed by atoms with Gasteiger partial charge < -0.3 is 10.0 Å². The highest BCUT2D eigenvalue weighted by Crippen LogP contribution is 2.15. The molecule has 0 aliphatic heterocycles. The molecule has 4 heteroatoms. The van der Waals surface area contributed by atoms with Crippen molar-refractivity contribution in [3.63, 3.8) is 0 Å². The molecule has 0 aromatic carbocycles. The average Bonchev–Trinajstić information content (AvgIpc) is 2.04. The van der Waals surface area contributed by atoms with E-state index in [0.29, 0.717) is 5.69 Å². The fourth-order valence-corrected chi connectivity index (χ4v) is 0.923. The number of carboxylic acids is 1. The van der Waals surface area contributed by atoms with Gasteiger partial charge in [-0.25, -0.2) is 4.79 Å². The van der Waals surface area contributed by atoms with Gasteiger partial charge in [-0.3, -0.25) is 4.98 Å². The van der Waals surface area contributed by atoms with Gasteiger partial charge in [0.15, 0.2) is 0 Å². The number of pyridine rings is 1. The van der Waals surface area contributed by atoms with Gasteiger partial charge in [0.05, 0.1) is 17.4 Å². The number of carboxylic acid groups (broad SMARTS) is 1. The third kappa shape index (κ3) is 1.53. The van der Waals surface area contributed by atoms with Gasteiger partial charge in [0.1, 0.15) is 0 Å². The number of rotatable bonds is 2. The van der Waals surface area contributed by atoms with Gasteiger partial charge in [-0.05, 0) is 6.07 Å². The number of aromatic carboxylic acids is 1. The monoisotopic (exact) mass is 166 g/mol. The van der Waals surface area contributed by atoms with Crippen molar-refractivity contribution in [1.29, 1.82) is 0 Å². The standard InChI is InChI=1S/C8H10N2O2/c1-10(2)7-5-9-4-3-6(7)8(11)12/h3-5H,1-2H3,(H,11,12). The summed E-state index contributed by atoms with van der Waals surface area (Å²) in [6.45, 7) is 0. The van der Waals surface area contributed by atoms with Gasteiger partial charge in [0, 0.05) is 20.3 Å². The van der Waals surface area contributed by atoms with Crippen LogP contribution in [0.15, 0.2) is 18.5 Å². The molecule has 0 aliphatic carbocycles. The number of nitrogens with zero attached hydrogens (tertiary/aromatic N) is 2. The first-order valence-corrected chi connectivity index (χ1v) is 3.47. The summed E-state index contributed by atoms with van der Waals surface area (Å²) in [5.74, 6) is -0.930. The van der Waals surface area contributed by atoms with E-state index in [2.05, 4.69) is 4.98 Å². The molecule has 1 aromatic rings. The molecule has 0 amide bonds. The van der Waals surface area contributed by atoms with Crippen LogP contribution < -0.4 is 4.90 Å². The summed E-state index contributed by atoms with van der Waals surface area (Å²) in [7, 11) is 3.56. The molecule has 1 aromatic heterocycles. The molecular formula is C8H10N2O2. The van der Waals surface area contributed by atoms with Crippen LogP contribution in [0.2, 0.25) is 0 Å². The Hall–Kier alpha value is -1.58. The number of hydrogen-bond donors (Lipinski definition) is 1. The van der Waals surface area contributed by atoms with Gasteiger partial charge in [-0.15, -0.1) is 0 Å². The lowest BCUT2D eigenvalue weighted by atomic mass is 10.2. The van der Waals surface area contributed by atoms with Gasteiger partial charge in [-0.1, -0.05) is 0 Å². The minimum Gasteiger partial charge on any atom is -0.478 e. The lowest BCUT2D eigenvalue weighted by molar-refractivity contribution is 0.0697. The average molecular weight is 166 g/mol. The molecule has 4 nitrogen and oxygen atoms in total. The maximum absolute atomic E-state index is 10.7. The zero-order valence-corrected chi connectivity index (χ0v) is 6.98. The van der Waals surface area contributed by atoms with Crippen LogP contribution in [0.1, 0.15) is 10.4 Å². The van der Waals surface area contributed by atoms with Crippen molar-refractivity contribution in [3.05, 3.63) is 24.0 Å². The van der Waals surface area contributed by atoms with Crippen molar-refractivity contribution >= 4 is 11.7 Å². The second kappa shape index (κ2) is 3.21. The summed E-state index contributed by atoms with van der Waals surface area (Å²) in [5.41, 5.74) is 0.889. The zero-order valence-electron chi connectivity index (χ0n) is 6.98. The number of aromatic nitrogens is 1. The minimum atomic E-state index is -0.930. The third-order valence-corrected chi connectivity index (χ3v) is 1.51. The predicted octanol–water partition coefficient (Wildman–Crippen LogP) is 0.846. The Morgan fingerprint density at radius 3 is 2.67 bits per heavy atom. The Kier molecular flexibility index (Phi) is 2.28. The highest BCUT2D eigenvalue weighted by atomic mass is 16.4.